The standard InChI is InChI=1S/C22H31NO5/c1-21(2)14-27-22(3,4)23(21)20(25)28-17-13-9-12-16(17)18(19(24)26-5)15-10-7-6-8-11-15/h6-8,10-11,16-18H,9,12-14H2,1-5H3/t16-,17-,18-/m1/s1. The van der Waals surface area contributed by atoms with Gasteiger partial charge < -0.3 is 14.2 Å². The summed E-state index contributed by atoms with van der Waals surface area (Å²) in [6.07, 6.45) is 1.75. The van der Waals surface area contributed by atoms with E-state index in [2.05, 4.69) is 0 Å². The highest BCUT2D eigenvalue weighted by Gasteiger charge is 2.51. The molecule has 3 rings (SSSR count). The lowest BCUT2D eigenvalue weighted by Crippen LogP contribution is -2.53. The van der Waals surface area contributed by atoms with Crippen LogP contribution >= 0.6 is 0 Å². The molecule has 0 aromatic heterocycles. The monoisotopic (exact) mass is 389 g/mol. The highest BCUT2D eigenvalue weighted by molar-refractivity contribution is 5.79. The molecule has 1 aromatic carbocycles. The third-order valence-electron chi connectivity index (χ3n) is 5.90. The van der Waals surface area contributed by atoms with Crippen molar-refractivity contribution in [1.29, 1.82) is 0 Å². The molecule has 1 heterocycles. The van der Waals surface area contributed by atoms with Gasteiger partial charge in [0, 0.05) is 5.92 Å². The predicted molar refractivity (Wildman–Crippen MR) is 105 cm³/mol. The van der Waals surface area contributed by atoms with Crippen molar-refractivity contribution in [1.82, 2.24) is 4.90 Å². The van der Waals surface area contributed by atoms with Crippen molar-refractivity contribution < 1.29 is 23.8 Å². The van der Waals surface area contributed by atoms with Crippen LogP contribution in [-0.4, -0.2) is 48.0 Å². The zero-order valence-electron chi connectivity index (χ0n) is 17.4. The molecular formula is C22H31NO5. The Kier molecular flexibility index (Phi) is 5.71. The Bertz CT molecular complexity index is 699. The molecular weight excluding hydrogens is 358 g/mol. The summed E-state index contributed by atoms with van der Waals surface area (Å²) in [5.74, 6) is -0.833. The normalized spacial score (nSPS) is 26.7. The quantitative estimate of drug-likeness (QED) is 0.726. The number of rotatable bonds is 4. The molecule has 0 unspecified atom stereocenters. The zero-order chi connectivity index (χ0) is 20.5. The highest BCUT2D eigenvalue weighted by atomic mass is 16.6. The Hall–Kier alpha value is -2.08. The maximum absolute atomic E-state index is 13.1. The van der Waals surface area contributed by atoms with E-state index in [1.54, 1.807) is 4.90 Å². The van der Waals surface area contributed by atoms with Gasteiger partial charge in [-0.2, -0.15) is 0 Å². The molecule has 1 aliphatic heterocycles. The minimum atomic E-state index is -0.726. The summed E-state index contributed by atoms with van der Waals surface area (Å²) in [5, 5.41) is 0. The summed E-state index contributed by atoms with van der Waals surface area (Å²) in [6, 6.07) is 9.60. The maximum atomic E-state index is 13.1. The molecule has 0 radical (unpaired) electrons. The number of hydrogen-bond donors (Lipinski definition) is 0. The highest BCUT2D eigenvalue weighted by Crippen LogP contribution is 2.42. The Morgan fingerprint density at radius 1 is 1.14 bits per heavy atom. The SMILES string of the molecule is COC(=O)[C@H](c1ccccc1)[C@@H]1CCC[C@H]1OC(=O)N1C(C)(C)COC1(C)C. The molecule has 1 saturated heterocycles. The number of nitrogens with zero attached hydrogens (tertiary/aromatic N) is 1. The van der Waals surface area contributed by atoms with Gasteiger partial charge in [0.1, 0.15) is 11.8 Å². The predicted octanol–water partition coefficient (Wildman–Crippen LogP) is 4.10. The van der Waals surface area contributed by atoms with Crippen LogP contribution in [0.25, 0.3) is 0 Å². The molecule has 154 valence electrons. The van der Waals surface area contributed by atoms with Crippen LogP contribution in [0.15, 0.2) is 30.3 Å². The second-order valence-corrected chi connectivity index (χ2v) is 8.81. The van der Waals surface area contributed by atoms with Gasteiger partial charge in [0.2, 0.25) is 0 Å². The van der Waals surface area contributed by atoms with E-state index >= 15 is 0 Å². The summed E-state index contributed by atoms with van der Waals surface area (Å²) in [7, 11) is 1.40. The van der Waals surface area contributed by atoms with Crippen LogP contribution < -0.4 is 0 Å². The number of amides is 1. The van der Waals surface area contributed by atoms with Gasteiger partial charge in [-0.05, 0) is 52.5 Å². The fourth-order valence-corrected chi connectivity index (χ4v) is 4.69. The van der Waals surface area contributed by atoms with Crippen LogP contribution in [0, 0.1) is 5.92 Å². The minimum Gasteiger partial charge on any atom is -0.469 e. The number of hydrogen-bond acceptors (Lipinski definition) is 5. The van der Waals surface area contributed by atoms with Crippen LogP contribution in [0.4, 0.5) is 4.79 Å². The van der Waals surface area contributed by atoms with Crippen LogP contribution in [0.3, 0.4) is 0 Å². The fourth-order valence-electron chi connectivity index (χ4n) is 4.69. The van der Waals surface area contributed by atoms with Gasteiger partial charge in [-0.3, -0.25) is 9.69 Å². The van der Waals surface area contributed by atoms with Gasteiger partial charge in [0.05, 0.1) is 25.2 Å². The van der Waals surface area contributed by atoms with E-state index in [4.69, 9.17) is 14.2 Å². The van der Waals surface area contributed by atoms with Crippen LogP contribution in [-0.2, 0) is 19.0 Å². The molecule has 2 fully saturated rings. The lowest BCUT2D eigenvalue weighted by Gasteiger charge is -2.38. The number of ether oxygens (including phenoxy) is 3. The van der Waals surface area contributed by atoms with Crippen molar-refractivity contribution in [2.45, 2.75) is 70.2 Å². The number of carbonyl (C=O) groups is 2. The van der Waals surface area contributed by atoms with Crippen molar-refractivity contribution in [3.8, 4) is 0 Å². The second-order valence-electron chi connectivity index (χ2n) is 8.81. The largest absolute Gasteiger partial charge is 0.469 e. The van der Waals surface area contributed by atoms with Gasteiger partial charge in [0.15, 0.2) is 0 Å². The molecule has 1 amide bonds. The van der Waals surface area contributed by atoms with Crippen molar-refractivity contribution in [3.63, 3.8) is 0 Å². The molecule has 2 aliphatic rings. The summed E-state index contributed by atoms with van der Waals surface area (Å²) in [4.78, 5) is 27.4. The minimum absolute atomic E-state index is 0.103. The summed E-state index contributed by atoms with van der Waals surface area (Å²) in [6.45, 7) is 8.14. The number of benzene rings is 1. The Labute approximate surface area is 167 Å². The van der Waals surface area contributed by atoms with Gasteiger partial charge in [0.25, 0.3) is 0 Å². The first-order valence-electron chi connectivity index (χ1n) is 9.95. The van der Waals surface area contributed by atoms with Crippen LogP contribution in [0.2, 0.25) is 0 Å². The zero-order valence-corrected chi connectivity index (χ0v) is 17.4. The number of esters is 1. The second kappa shape index (κ2) is 7.74. The Morgan fingerprint density at radius 3 is 2.39 bits per heavy atom. The van der Waals surface area contributed by atoms with Gasteiger partial charge >= 0.3 is 12.1 Å². The fraction of sp³-hybridized carbons (Fsp3) is 0.636. The van der Waals surface area contributed by atoms with Crippen molar-refractivity contribution in [2.24, 2.45) is 5.92 Å². The maximum Gasteiger partial charge on any atom is 0.412 e. The summed E-state index contributed by atoms with van der Waals surface area (Å²) < 4.78 is 16.9. The molecule has 0 bridgehead atoms. The van der Waals surface area contributed by atoms with Gasteiger partial charge in [-0.25, -0.2) is 4.79 Å². The molecule has 6 nitrogen and oxygen atoms in total. The van der Waals surface area contributed by atoms with E-state index in [0.717, 1.165) is 24.8 Å². The lowest BCUT2D eigenvalue weighted by atomic mass is 9.83. The molecule has 3 atom stereocenters. The molecule has 0 N–H and O–H groups in total. The van der Waals surface area contributed by atoms with Crippen molar-refractivity contribution in [3.05, 3.63) is 35.9 Å². The smallest absolute Gasteiger partial charge is 0.412 e. The third kappa shape index (κ3) is 3.88. The average Bonchev–Trinajstić information content (AvgIpc) is 3.17. The Balaban J connectivity index is 1.82. The Morgan fingerprint density at radius 2 is 1.82 bits per heavy atom. The summed E-state index contributed by atoms with van der Waals surface area (Å²) in [5.41, 5.74) is -0.279. The van der Waals surface area contributed by atoms with Gasteiger partial charge in [-0.15, -0.1) is 0 Å². The number of methoxy groups -OCH3 is 1. The first kappa shape index (κ1) is 20.6. The first-order chi connectivity index (χ1) is 13.2. The van der Waals surface area contributed by atoms with Gasteiger partial charge in [-0.1, -0.05) is 30.3 Å². The topological polar surface area (TPSA) is 65.1 Å². The first-order valence-corrected chi connectivity index (χ1v) is 9.95. The van der Waals surface area contributed by atoms with E-state index in [9.17, 15) is 9.59 Å². The molecule has 1 aliphatic carbocycles. The molecule has 6 heteroatoms. The average molecular weight is 389 g/mol. The van der Waals surface area contributed by atoms with Crippen LogP contribution in [0.5, 0.6) is 0 Å². The summed E-state index contributed by atoms with van der Waals surface area (Å²) >= 11 is 0. The van der Waals surface area contributed by atoms with E-state index in [1.165, 1.54) is 7.11 Å². The van der Waals surface area contributed by atoms with E-state index < -0.39 is 17.2 Å². The number of carbonyl (C=O) groups excluding carboxylic acids is 2. The van der Waals surface area contributed by atoms with E-state index in [0.29, 0.717) is 6.61 Å². The van der Waals surface area contributed by atoms with Crippen LogP contribution in [0.1, 0.15) is 58.4 Å². The third-order valence-corrected chi connectivity index (χ3v) is 5.90. The van der Waals surface area contributed by atoms with Crippen molar-refractivity contribution in [2.75, 3.05) is 13.7 Å². The molecule has 28 heavy (non-hydrogen) atoms. The van der Waals surface area contributed by atoms with E-state index in [-0.39, 0.29) is 24.1 Å². The van der Waals surface area contributed by atoms with E-state index in [1.807, 2.05) is 58.0 Å². The molecule has 0 spiro atoms. The molecule has 1 aromatic rings. The molecule has 1 saturated carbocycles. The lowest BCUT2D eigenvalue weighted by molar-refractivity contribution is -0.145. The van der Waals surface area contributed by atoms with Crippen molar-refractivity contribution >= 4 is 12.1 Å².